The van der Waals surface area contributed by atoms with E-state index in [0.29, 0.717) is 18.0 Å². The summed E-state index contributed by atoms with van der Waals surface area (Å²) >= 11 is 0. The maximum absolute atomic E-state index is 13.7. The smallest absolute Gasteiger partial charge is 0.264 e. The van der Waals surface area contributed by atoms with Crippen molar-refractivity contribution in [3.8, 4) is 5.75 Å². The molecule has 9 heteroatoms. The van der Waals surface area contributed by atoms with Crippen LogP contribution in [0.3, 0.4) is 0 Å². The summed E-state index contributed by atoms with van der Waals surface area (Å²) in [6, 6.07) is 21.3. The fraction of sp³-hybridized carbons (Fsp3) is 0.286. The van der Waals surface area contributed by atoms with Crippen LogP contribution < -0.4 is 14.4 Å². The highest BCUT2D eigenvalue weighted by Gasteiger charge is 2.32. The Bertz CT molecular complexity index is 1290. The van der Waals surface area contributed by atoms with Crippen LogP contribution in [-0.4, -0.2) is 51.4 Å². The van der Waals surface area contributed by atoms with Crippen LogP contribution in [0.5, 0.6) is 5.75 Å². The van der Waals surface area contributed by atoms with Crippen LogP contribution in [0, 0.1) is 6.92 Å². The fourth-order valence-corrected chi connectivity index (χ4v) is 5.21. The molecule has 0 radical (unpaired) electrons. The Labute approximate surface area is 218 Å². The summed E-state index contributed by atoms with van der Waals surface area (Å²) in [5.41, 5.74) is 2.24. The highest BCUT2D eigenvalue weighted by molar-refractivity contribution is 7.92. The van der Waals surface area contributed by atoms with Crippen molar-refractivity contribution in [3.05, 3.63) is 90.0 Å². The van der Waals surface area contributed by atoms with Crippen LogP contribution in [0.1, 0.15) is 25.0 Å². The lowest BCUT2D eigenvalue weighted by atomic mass is 10.1. The SMILES string of the molecule is CCNC(=O)[C@@H](C)N(Cc1ccc(C)cc1)C(=O)CN(c1ccccc1)S(=O)(=O)c1ccc(OC)cc1. The molecule has 0 fully saturated rings. The summed E-state index contributed by atoms with van der Waals surface area (Å²) in [5, 5.41) is 2.75. The van der Waals surface area contributed by atoms with Gasteiger partial charge in [0.05, 0.1) is 17.7 Å². The molecule has 1 atom stereocenters. The maximum atomic E-state index is 13.7. The third-order valence-corrected chi connectivity index (χ3v) is 7.75. The Balaban J connectivity index is 1.99. The first-order valence-electron chi connectivity index (χ1n) is 12.0. The van der Waals surface area contributed by atoms with Gasteiger partial charge < -0.3 is 15.0 Å². The molecule has 37 heavy (non-hydrogen) atoms. The molecule has 3 aromatic rings. The number of aryl methyl sites for hydroxylation is 1. The number of amides is 2. The number of ether oxygens (including phenoxy) is 1. The van der Waals surface area contributed by atoms with Crippen LogP contribution in [0.4, 0.5) is 5.69 Å². The number of nitrogens with one attached hydrogen (secondary N) is 1. The fourth-order valence-electron chi connectivity index (χ4n) is 3.79. The van der Waals surface area contributed by atoms with Crippen molar-refractivity contribution in [1.82, 2.24) is 10.2 Å². The van der Waals surface area contributed by atoms with Gasteiger partial charge in [-0.15, -0.1) is 0 Å². The zero-order valence-electron chi connectivity index (χ0n) is 21.5. The highest BCUT2D eigenvalue weighted by atomic mass is 32.2. The van der Waals surface area contributed by atoms with Crippen molar-refractivity contribution >= 4 is 27.5 Å². The molecule has 3 rings (SSSR count). The van der Waals surface area contributed by atoms with Gasteiger partial charge in [0.15, 0.2) is 0 Å². The molecular weight excluding hydrogens is 490 g/mol. The Morgan fingerprint density at radius 1 is 0.946 bits per heavy atom. The average Bonchev–Trinajstić information content (AvgIpc) is 2.91. The van der Waals surface area contributed by atoms with Gasteiger partial charge in [0.1, 0.15) is 18.3 Å². The molecule has 0 unspecified atom stereocenters. The number of hydrogen-bond acceptors (Lipinski definition) is 5. The van der Waals surface area contributed by atoms with E-state index in [9.17, 15) is 18.0 Å². The molecule has 0 bridgehead atoms. The van der Waals surface area contributed by atoms with Crippen LogP contribution in [0.15, 0.2) is 83.8 Å². The number of benzene rings is 3. The molecular formula is C28H33N3O5S. The first kappa shape index (κ1) is 27.7. The Hall–Kier alpha value is -3.85. The van der Waals surface area contributed by atoms with Crippen LogP contribution in [0.2, 0.25) is 0 Å². The van der Waals surface area contributed by atoms with Crippen LogP contribution in [0.25, 0.3) is 0 Å². The van der Waals surface area contributed by atoms with Crippen molar-refractivity contribution in [2.45, 2.75) is 38.3 Å². The summed E-state index contributed by atoms with van der Waals surface area (Å²) in [4.78, 5) is 27.9. The molecule has 196 valence electrons. The number of rotatable bonds is 11. The van der Waals surface area contributed by atoms with Gasteiger partial charge in [0.25, 0.3) is 10.0 Å². The molecule has 8 nitrogen and oxygen atoms in total. The number of para-hydroxylation sites is 1. The standard InChI is InChI=1S/C28H33N3O5S/c1-5-29-28(33)22(3)30(19-23-13-11-21(2)12-14-23)27(32)20-31(24-9-7-6-8-10-24)37(34,35)26-17-15-25(36-4)16-18-26/h6-18,22H,5,19-20H2,1-4H3,(H,29,33)/t22-/m1/s1. The second-order valence-electron chi connectivity index (χ2n) is 8.60. The third-order valence-electron chi connectivity index (χ3n) is 5.96. The number of hydrogen-bond donors (Lipinski definition) is 1. The normalized spacial score (nSPS) is 11.9. The van der Waals surface area contributed by atoms with Gasteiger partial charge in [0.2, 0.25) is 11.8 Å². The number of carbonyl (C=O) groups is 2. The quantitative estimate of drug-likeness (QED) is 0.413. The molecule has 0 heterocycles. The van der Waals surface area contributed by atoms with Crippen LogP contribution >= 0.6 is 0 Å². The molecule has 0 aromatic heterocycles. The average molecular weight is 524 g/mol. The summed E-state index contributed by atoms with van der Waals surface area (Å²) in [6.07, 6.45) is 0. The van der Waals surface area contributed by atoms with E-state index in [0.717, 1.165) is 15.4 Å². The minimum atomic E-state index is -4.11. The lowest BCUT2D eigenvalue weighted by molar-refractivity contribution is -0.139. The number of anilines is 1. The van der Waals surface area contributed by atoms with Gasteiger partial charge in [0, 0.05) is 13.1 Å². The Morgan fingerprint density at radius 3 is 2.14 bits per heavy atom. The zero-order chi connectivity index (χ0) is 27.0. The van der Waals surface area contributed by atoms with Crippen LogP contribution in [-0.2, 0) is 26.2 Å². The molecule has 0 aliphatic rings. The number of methoxy groups -OCH3 is 1. The van der Waals surface area contributed by atoms with Crippen molar-refractivity contribution in [3.63, 3.8) is 0 Å². The molecule has 0 aliphatic carbocycles. The maximum Gasteiger partial charge on any atom is 0.264 e. The predicted octanol–water partition coefficient (Wildman–Crippen LogP) is 3.75. The molecule has 3 aromatic carbocycles. The lowest BCUT2D eigenvalue weighted by Crippen LogP contribution is -2.51. The second-order valence-corrected chi connectivity index (χ2v) is 10.5. The van der Waals surface area contributed by atoms with Gasteiger partial charge in [-0.05, 0) is 62.7 Å². The van der Waals surface area contributed by atoms with Gasteiger partial charge in [-0.3, -0.25) is 13.9 Å². The number of likely N-dealkylation sites (N-methyl/N-ethyl adjacent to an activating group) is 1. The summed E-state index contributed by atoms with van der Waals surface area (Å²) in [5.74, 6) is -0.297. The van der Waals surface area contributed by atoms with Gasteiger partial charge in [-0.2, -0.15) is 0 Å². The van der Waals surface area contributed by atoms with E-state index >= 15 is 0 Å². The molecule has 2 amide bonds. The second kappa shape index (κ2) is 12.4. The Morgan fingerprint density at radius 2 is 1.57 bits per heavy atom. The van der Waals surface area contributed by atoms with E-state index in [2.05, 4.69) is 5.32 Å². The summed E-state index contributed by atoms with van der Waals surface area (Å²) in [6.45, 7) is 5.50. The monoisotopic (exact) mass is 523 g/mol. The van der Waals surface area contributed by atoms with Crippen molar-refractivity contribution in [2.75, 3.05) is 24.5 Å². The summed E-state index contributed by atoms with van der Waals surface area (Å²) < 4.78 is 33.7. The van der Waals surface area contributed by atoms with E-state index in [4.69, 9.17) is 4.74 Å². The summed E-state index contributed by atoms with van der Waals surface area (Å²) in [7, 11) is -2.62. The zero-order valence-corrected chi connectivity index (χ0v) is 22.4. The lowest BCUT2D eigenvalue weighted by Gasteiger charge is -2.32. The topological polar surface area (TPSA) is 96.0 Å². The van der Waals surface area contributed by atoms with E-state index in [1.54, 1.807) is 56.3 Å². The largest absolute Gasteiger partial charge is 0.497 e. The van der Waals surface area contributed by atoms with Crippen molar-refractivity contribution in [1.29, 1.82) is 0 Å². The van der Waals surface area contributed by atoms with Gasteiger partial charge in [-0.1, -0.05) is 48.0 Å². The van der Waals surface area contributed by atoms with E-state index in [-0.39, 0.29) is 17.3 Å². The predicted molar refractivity (Wildman–Crippen MR) is 144 cm³/mol. The van der Waals surface area contributed by atoms with E-state index in [1.807, 2.05) is 31.2 Å². The minimum absolute atomic E-state index is 0.0202. The minimum Gasteiger partial charge on any atom is -0.497 e. The first-order valence-corrected chi connectivity index (χ1v) is 13.5. The van der Waals surface area contributed by atoms with E-state index in [1.165, 1.54) is 24.1 Å². The van der Waals surface area contributed by atoms with Gasteiger partial charge >= 0.3 is 0 Å². The molecule has 0 spiro atoms. The molecule has 0 saturated heterocycles. The van der Waals surface area contributed by atoms with Gasteiger partial charge in [-0.25, -0.2) is 8.42 Å². The number of carbonyl (C=O) groups excluding carboxylic acids is 2. The Kier molecular flexibility index (Phi) is 9.30. The molecule has 0 saturated carbocycles. The molecule has 0 aliphatic heterocycles. The first-order chi connectivity index (χ1) is 17.7. The number of nitrogens with zero attached hydrogens (tertiary/aromatic N) is 2. The molecule has 1 N–H and O–H groups in total. The van der Waals surface area contributed by atoms with E-state index < -0.39 is 28.5 Å². The highest BCUT2D eigenvalue weighted by Crippen LogP contribution is 2.25. The van der Waals surface area contributed by atoms with Crippen molar-refractivity contribution in [2.24, 2.45) is 0 Å². The number of sulfonamides is 1. The van der Waals surface area contributed by atoms with Crippen molar-refractivity contribution < 1.29 is 22.7 Å². The third kappa shape index (κ3) is 6.89.